The largest absolute Gasteiger partial charge is 0.375 e. The van der Waals surface area contributed by atoms with Crippen LogP contribution in [-0.2, 0) is 17.7 Å². The van der Waals surface area contributed by atoms with Crippen LogP contribution in [0, 0.1) is 18.8 Å². The number of hydrogen-bond donors (Lipinski definition) is 2. The van der Waals surface area contributed by atoms with Crippen molar-refractivity contribution in [3.05, 3.63) is 17.5 Å². The summed E-state index contributed by atoms with van der Waals surface area (Å²) in [5.41, 5.74) is 5.32. The Balaban J connectivity index is 2.16. The molecule has 5 unspecified atom stereocenters. The van der Waals surface area contributed by atoms with Gasteiger partial charge in [-0.25, -0.2) is 0 Å². The van der Waals surface area contributed by atoms with Crippen LogP contribution in [0.3, 0.4) is 0 Å². The van der Waals surface area contributed by atoms with Gasteiger partial charge in [0.05, 0.1) is 17.9 Å². The maximum atomic E-state index is 5.95. The van der Waals surface area contributed by atoms with Crippen molar-refractivity contribution in [1.29, 1.82) is 0 Å². The molecule has 1 aliphatic rings. The van der Waals surface area contributed by atoms with Crippen LogP contribution >= 0.6 is 0 Å². The standard InChI is InChI=1S/C15H28N4O/c1-6-19-13(7-9(2)18-19)8-14(17-16)15-10(3)11(4)20-12(15)5/h7,10-12,14-15,17H,6,8,16H2,1-5H3. The van der Waals surface area contributed by atoms with Gasteiger partial charge in [0.1, 0.15) is 0 Å². The van der Waals surface area contributed by atoms with Crippen LogP contribution < -0.4 is 11.3 Å². The summed E-state index contributed by atoms with van der Waals surface area (Å²) in [5, 5.41) is 4.51. The number of aryl methyl sites for hydroxylation is 2. The number of rotatable bonds is 5. The Morgan fingerprint density at radius 3 is 2.60 bits per heavy atom. The van der Waals surface area contributed by atoms with E-state index in [4.69, 9.17) is 10.6 Å². The van der Waals surface area contributed by atoms with Crippen LogP contribution in [0.2, 0.25) is 0 Å². The summed E-state index contributed by atoms with van der Waals surface area (Å²) in [6, 6.07) is 2.37. The maximum absolute atomic E-state index is 5.95. The van der Waals surface area contributed by atoms with Gasteiger partial charge in [-0.05, 0) is 39.7 Å². The lowest BCUT2D eigenvalue weighted by Gasteiger charge is -2.28. The van der Waals surface area contributed by atoms with Gasteiger partial charge in [-0.2, -0.15) is 5.10 Å². The van der Waals surface area contributed by atoms with Gasteiger partial charge < -0.3 is 4.74 Å². The molecule has 5 nitrogen and oxygen atoms in total. The van der Waals surface area contributed by atoms with E-state index in [0.717, 1.165) is 18.7 Å². The topological polar surface area (TPSA) is 65.1 Å². The summed E-state index contributed by atoms with van der Waals surface area (Å²) in [6.07, 6.45) is 1.42. The molecule has 1 aromatic heterocycles. The van der Waals surface area contributed by atoms with Crippen molar-refractivity contribution in [2.75, 3.05) is 0 Å². The van der Waals surface area contributed by atoms with Crippen molar-refractivity contribution < 1.29 is 4.74 Å². The smallest absolute Gasteiger partial charge is 0.0597 e. The zero-order chi connectivity index (χ0) is 14.9. The molecular weight excluding hydrogens is 252 g/mol. The number of nitrogens with two attached hydrogens (primary N) is 1. The molecule has 3 N–H and O–H groups in total. The SMILES string of the molecule is CCn1nc(C)cc1CC(NN)C1C(C)OC(C)C1C. The number of aromatic nitrogens is 2. The first-order valence-corrected chi connectivity index (χ1v) is 7.62. The summed E-state index contributed by atoms with van der Waals surface area (Å²) >= 11 is 0. The molecule has 2 rings (SSSR count). The quantitative estimate of drug-likeness (QED) is 0.636. The van der Waals surface area contributed by atoms with Crippen molar-refractivity contribution in [3.8, 4) is 0 Å². The molecular formula is C15H28N4O. The highest BCUT2D eigenvalue weighted by atomic mass is 16.5. The average molecular weight is 280 g/mol. The van der Waals surface area contributed by atoms with E-state index in [1.54, 1.807) is 0 Å². The Bertz CT molecular complexity index is 445. The van der Waals surface area contributed by atoms with E-state index >= 15 is 0 Å². The third kappa shape index (κ3) is 2.90. The van der Waals surface area contributed by atoms with Gasteiger partial charge in [0.25, 0.3) is 0 Å². The Morgan fingerprint density at radius 1 is 1.40 bits per heavy atom. The highest BCUT2D eigenvalue weighted by Gasteiger charge is 2.41. The van der Waals surface area contributed by atoms with E-state index in [2.05, 4.69) is 49.0 Å². The molecule has 0 aliphatic carbocycles. The van der Waals surface area contributed by atoms with Gasteiger partial charge in [-0.1, -0.05) is 6.92 Å². The Morgan fingerprint density at radius 2 is 2.10 bits per heavy atom. The Hall–Kier alpha value is -0.910. The highest BCUT2D eigenvalue weighted by Crippen LogP contribution is 2.35. The van der Waals surface area contributed by atoms with E-state index in [1.807, 2.05) is 6.92 Å². The molecule has 114 valence electrons. The van der Waals surface area contributed by atoms with Gasteiger partial charge in [-0.15, -0.1) is 0 Å². The minimum Gasteiger partial charge on any atom is -0.375 e. The molecule has 1 aliphatic heterocycles. The molecule has 0 spiro atoms. The predicted octanol–water partition coefficient (Wildman–Crippen LogP) is 1.65. The summed E-state index contributed by atoms with van der Waals surface area (Å²) in [7, 11) is 0. The van der Waals surface area contributed by atoms with Crippen LogP contribution in [0.25, 0.3) is 0 Å². The Labute approximate surface area is 121 Å². The molecule has 0 radical (unpaired) electrons. The zero-order valence-electron chi connectivity index (χ0n) is 13.3. The van der Waals surface area contributed by atoms with E-state index < -0.39 is 0 Å². The summed E-state index contributed by atoms with van der Waals surface area (Å²) < 4.78 is 8.01. The number of ether oxygens (including phenoxy) is 1. The fourth-order valence-corrected chi connectivity index (χ4v) is 3.56. The van der Waals surface area contributed by atoms with Gasteiger partial charge in [0, 0.05) is 30.6 Å². The maximum Gasteiger partial charge on any atom is 0.0597 e. The monoisotopic (exact) mass is 280 g/mol. The third-order valence-corrected chi connectivity index (χ3v) is 4.71. The molecule has 0 saturated carbocycles. The first-order valence-electron chi connectivity index (χ1n) is 7.62. The van der Waals surface area contributed by atoms with E-state index in [9.17, 15) is 0 Å². The van der Waals surface area contributed by atoms with Crippen LogP contribution in [0.1, 0.15) is 39.1 Å². The van der Waals surface area contributed by atoms with Crippen LogP contribution in [0.4, 0.5) is 0 Å². The van der Waals surface area contributed by atoms with Gasteiger partial charge in [0.2, 0.25) is 0 Å². The van der Waals surface area contributed by atoms with Gasteiger partial charge in [-0.3, -0.25) is 16.0 Å². The fraction of sp³-hybridized carbons (Fsp3) is 0.800. The van der Waals surface area contributed by atoms with Crippen LogP contribution in [0.15, 0.2) is 6.07 Å². The van der Waals surface area contributed by atoms with Crippen LogP contribution in [0.5, 0.6) is 0 Å². The molecule has 1 fully saturated rings. The van der Waals surface area contributed by atoms with Crippen molar-refractivity contribution in [1.82, 2.24) is 15.2 Å². The van der Waals surface area contributed by atoms with E-state index in [0.29, 0.717) is 17.9 Å². The van der Waals surface area contributed by atoms with Crippen molar-refractivity contribution in [3.63, 3.8) is 0 Å². The number of hydrogen-bond acceptors (Lipinski definition) is 4. The average Bonchev–Trinajstić information content (AvgIpc) is 2.88. The molecule has 1 saturated heterocycles. The first kappa shape index (κ1) is 15.5. The molecule has 2 heterocycles. The minimum absolute atomic E-state index is 0.214. The molecule has 5 heteroatoms. The molecule has 5 atom stereocenters. The fourth-order valence-electron chi connectivity index (χ4n) is 3.56. The molecule has 1 aromatic rings. The summed E-state index contributed by atoms with van der Waals surface area (Å²) in [5.74, 6) is 6.76. The van der Waals surface area contributed by atoms with Crippen LogP contribution in [-0.4, -0.2) is 28.0 Å². The number of hydrazine groups is 1. The van der Waals surface area contributed by atoms with Gasteiger partial charge in [0.15, 0.2) is 0 Å². The van der Waals surface area contributed by atoms with Crippen molar-refractivity contribution in [2.45, 2.75) is 65.8 Å². The van der Waals surface area contributed by atoms with Crippen molar-refractivity contribution >= 4 is 0 Å². The summed E-state index contributed by atoms with van der Waals surface area (Å²) in [6.45, 7) is 11.6. The number of nitrogens with one attached hydrogen (secondary N) is 1. The first-order chi connectivity index (χ1) is 9.47. The molecule has 0 aromatic carbocycles. The normalized spacial score (nSPS) is 31.7. The second-order valence-electron chi connectivity index (χ2n) is 6.05. The molecule has 0 bridgehead atoms. The van der Waals surface area contributed by atoms with Gasteiger partial charge >= 0.3 is 0 Å². The molecule has 20 heavy (non-hydrogen) atoms. The third-order valence-electron chi connectivity index (χ3n) is 4.71. The Kier molecular flexibility index (Phi) is 4.83. The second-order valence-corrected chi connectivity index (χ2v) is 6.05. The molecule has 0 amide bonds. The predicted molar refractivity (Wildman–Crippen MR) is 80.1 cm³/mol. The van der Waals surface area contributed by atoms with E-state index in [-0.39, 0.29) is 12.1 Å². The lowest BCUT2D eigenvalue weighted by atomic mass is 9.82. The summed E-state index contributed by atoms with van der Waals surface area (Å²) in [4.78, 5) is 0. The minimum atomic E-state index is 0.214. The second kappa shape index (κ2) is 6.24. The lowest BCUT2D eigenvalue weighted by molar-refractivity contribution is 0.0475. The lowest BCUT2D eigenvalue weighted by Crippen LogP contribution is -2.47. The number of nitrogens with zero attached hydrogens (tertiary/aromatic N) is 2. The zero-order valence-corrected chi connectivity index (χ0v) is 13.3. The van der Waals surface area contributed by atoms with Crippen molar-refractivity contribution in [2.24, 2.45) is 17.7 Å². The van der Waals surface area contributed by atoms with E-state index in [1.165, 1.54) is 5.69 Å². The highest BCUT2D eigenvalue weighted by molar-refractivity contribution is 5.11.